The number of hydrogen-bond donors (Lipinski definition) is 0. The molecule has 1 spiro atoms. The number of methoxy groups -OCH3 is 1. The fourth-order valence-electron chi connectivity index (χ4n) is 5.14. The number of benzene rings is 2. The van der Waals surface area contributed by atoms with Gasteiger partial charge in [-0.25, -0.2) is 8.42 Å². The van der Waals surface area contributed by atoms with Gasteiger partial charge in [-0.3, -0.25) is 4.79 Å². The van der Waals surface area contributed by atoms with Crippen molar-refractivity contribution in [3.05, 3.63) is 65.7 Å². The zero-order chi connectivity index (χ0) is 21.6. The number of sulfonamides is 1. The van der Waals surface area contributed by atoms with Crippen molar-refractivity contribution in [2.75, 3.05) is 26.7 Å². The van der Waals surface area contributed by atoms with Gasteiger partial charge < -0.3 is 14.4 Å². The molecule has 2 aromatic rings. The number of fused-ring (bicyclic) bond motifs is 1. The third-order valence-electron chi connectivity index (χ3n) is 6.56. The molecule has 2 aromatic carbocycles. The van der Waals surface area contributed by atoms with Crippen LogP contribution in [0.5, 0.6) is 5.75 Å². The molecule has 3 heterocycles. The minimum Gasteiger partial charge on any atom is -0.497 e. The van der Waals surface area contributed by atoms with Crippen LogP contribution < -0.4 is 4.74 Å². The highest BCUT2D eigenvalue weighted by molar-refractivity contribution is 7.90. The van der Waals surface area contributed by atoms with Crippen LogP contribution in [0.4, 0.5) is 0 Å². The molecule has 3 fully saturated rings. The van der Waals surface area contributed by atoms with Gasteiger partial charge in [-0.1, -0.05) is 42.5 Å². The maximum absolute atomic E-state index is 13.3. The first-order chi connectivity index (χ1) is 14.9. The molecule has 31 heavy (non-hydrogen) atoms. The Hall–Kier alpha value is -2.42. The predicted octanol–water partition coefficient (Wildman–Crippen LogP) is 1.82. The van der Waals surface area contributed by atoms with Crippen molar-refractivity contribution in [1.82, 2.24) is 9.21 Å². The molecular formula is C23H26N2O5S. The average molecular weight is 443 g/mol. The second-order valence-electron chi connectivity index (χ2n) is 8.63. The highest BCUT2D eigenvalue weighted by Crippen LogP contribution is 2.47. The van der Waals surface area contributed by atoms with Gasteiger partial charge in [-0.2, -0.15) is 4.31 Å². The monoisotopic (exact) mass is 442 g/mol. The molecule has 164 valence electrons. The van der Waals surface area contributed by atoms with Crippen LogP contribution in [-0.2, 0) is 32.5 Å². The van der Waals surface area contributed by atoms with Crippen LogP contribution in [0.25, 0.3) is 0 Å². The lowest BCUT2D eigenvalue weighted by atomic mass is 9.99. The summed E-state index contributed by atoms with van der Waals surface area (Å²) in [6.07, 6.45) is 0.462. The SMILES string of the molecule is COc1cccc(CC(=O)N2C[C@@H]3C[C@@H]4[C@@](C2)(CN(Cc2ccccc2)S4(=O)=O)O3)c1. The molecule has 3 aliphatic heterocycles. The van der Waals surface area contributed by atoms with E-state index >= 15 is 0 Å². The number of morpholine rings is 1. The zero-order valence-electron chi connectivity index (χ0n) is 17.4. The van der Waals surface area contributed by atoms with Crippen molar-refractivity contribution in [1.29, 1.82) is 0 Å². The van der Waals surface area contributed by atoms with E-state index in [1.54, 1.807) is 12.0 Å². The molecule has 3 saturated heterocycles. The summed E-state index contributed by atoms with van der Waals surface area (Å²) in [5, 5.41) is -0.594. The molecule has 0 saturated carbocycles. The topological polar surface area (TPSA) is 76.2 Å². The fourth-order valence-corrected chi connectivity index (χ4v) is 7.43. The first-order valence-corrected chi connectivity index (χ1v) is 12.0. The fraction of sp³-hybridized carbons (Fsp3) is 0.435. The van der Waals surface area contributed by atoms with E-state index < -0.39 is 20.9 Å². The van der Waals surface area contributed by atoms with E-state index in [2.05, 4.69) is 0 Å². The van der Waals surface area contributed by atoms with Crippen molar-refractivity contribution in [3.63, 3.8) is 0 Å². The van der Waals surface area contributed by atoms with Gasteiger partial charge in [0.1, 0.15) is 16.6 Å². The van der Waals surface area contributed by atoms with Gasteiger partial charge in [-0.15, -0.1) is 0 Å². The molecule has 0 aliphatic carbocycles. The predicted molar refractivity (Wildman–Crippen MR) is 115 cm³/mol. The largest absolute Gasteiger partial charge is 0.497 e. The number of carbonyl (C=O) groups is 1. The lowest BCUT2D eigenvalue weighted by Crippen LogP contribution is -2.56. The summed E-state index contributed by atoms with van der Waals surface area (Å²) in [4.78, 5) is 14.9. The number of nitrogens with zero attached hydrogens (tertiary/aromatic N) is 2. The Kier molecular flexibility index (Phi) is 5.03. The third kappa shape index (κ3) is 3.62. The summed E-state index contributed by atoms with van der Waals surface area (Å²) < 4.78 is 39.6. The Balaban J connectivity index is 1.34. The standard InChI is InChI=1S/C23H26N2O5S/c1-29-19-9-5-8-18(10-19)11-22(26)24-14-20-12-21-23(15-24,30-20)16-25(31(21,27)28)13-17-6-3-2-4-7-17/h2-10,20-21H,11-16H2,1H3/t20-,21+,23+/m0/s1. The first kappa shape index (κ1) is 20.5. The van der Waals surface area contributed by atoms with Gasteiger partial charge in [0.05, 0.1) is 26.2 Å². The molecule has 0 radical (unpaired) electrons. The van der Waals surface area contributed by atoms with E-state index in [9.17, 15) is 13.2 Å². The van der Waals surface area contributed by atoms with Gasteiger partial charge in [0.15, 0.2) is 0 Å². The number of likely N-dealkylation sites (tertiary alicyclic amines) is 1. The Morgan fingerprint density at radius 3 is 2.68 bits per heavy atom. The second kappa shape index (κ2) is 7.62. The molecule has 0 aromatic heterocycles. The zero-order valence-corrected chi connectivity index (χ0v) is 18.3. The van der Waals surface area contributed by atoms with Crippen LogP contribution in [0.2, 0.25) is 0 Å². The summed E-state index contributed by atoms with van der Waals surface area (Å²) >= 11 is 0. The molecule has 3 atom stereocenters. The van der Waals surface area contributed by atoms with E-state index in [0.29, 0.717) is 31.8 Å². The molecule has 3 aliphatic rings. The smallest absolute Gasteiger partial charge is 0.227 e. The molecule has 1 amide bonds. The van der Waals surface area contributed by atoms with Crippen molar-refractivity contribution in [2.24, 2.45) is 0 Å². The molecule has 5 rings (SSSR count). The third-order valence-corrected chi connectivity index (χ3v) is 8.87. The number of rotatable bonds is 5. The van der Waals surface area contributed by atoms with Crippen molar-refractivity contribution in [3.8, 4) is 5.75 Å². The van der Waals surface area contributed by atoms with Gasteiger partial charge in [0.2, 0.25) is 15.9 Å². The number of amides is 1. The summed E-state index contributed by atoms with van der Waals surface area (Å²) in [6.45, 7) is 1.36. The number of hydrogen-bond acceptors (Lipinski definition) is 5. The van der Waals surface area contributed by atoms with Crippen LogP contribution in [-0.4, -0.2) is 67.2 Å². The molecular weight excluding hydrogens is 416 g/mol. The van der Waals surface area contributed by atoms with Gasteiger partial charge in [-0.05, 0) is 29.7 Å². The molecule has 8 heteroatoms. The number of ether oxygens (including phenoxy) is 2. The van der Waals surface area contributed by atoms with Crippen LogP contribution in [0.15, 0.2) is 54.6 Å². The normalized spacial score (nSPS) is 29.0. The van der Waals surface area contributed by atoms with Crippen LogP contribution in [0.3, 0.4) is 0 Å². The quantitative estimate of drug-likeness (QED) is 0.706. The Labute approximate surface area is 182 Å². The second-order valence-corrected chi connectivity index (χ2v) is 10.7. The summed E-state index contributed by atoms with van der Waals surface area (Å²) in [7, 11) is -1.89. The van der Waals surface area contributed by atoms with E-state index in [4.69, 9.17) is 9.47 Å². The maximum Gasteiger partial charge on any atom is 0.227 e. The van der Waals surface area contributed by atoms with E-state index in [0.717, 1.165) is 11.1 Å². The van der Waals surface area contributed by atoms with Crippen LogP contribution in [0, 0.1) is 0 Å². The molecule has 0 unspecified atom stereocenters. The highest BCUT2D eigenvalue weighted by Gasteiger charge is 2.65. The Bertz CT molecular complexity index is 1090. The van der Waals surface area contributed by atoms with Gasteiger partial charge >= 0.3 is 0 Å². The Morgan fingerprint density at radius 2 is 1.90 bits per heavy atom. The maximum atomic E-state index is 13.3. The van der Waals surface area contributed by atoms with Crippen molar-refractivity contribution < 1.29 is 22.7 Å². The lowest BCUT2D eigenvalue weighted by Gasteiger charge is -2.39. The van der Waals surface area contributed by atoms with Gasteiger partial charge in [0.25, 0.3) is 0 Å². The van der Waals surface area contributed by atoms with Gasteiger partial charge in [0, 0.05) is 19.6 Å². The minimum absolute atomic E-state index is 0.0134. The van der Waals surface area contributed by atoms with Crippen LogP contribution in [0.1, 0.15) is 17.5 Å². The molecule has 0 N–H and O–H groups in total. The van der Waals surface area contributed by atoms with Crippen molar-refractivity contribution in [2.45, 2.75) is 36.3 Å². The van der Waals surface area contributed by atoms with E-state index in [-0.39, 0.29) is 25.0 Å². The summed E-state index contributed by atoms with van der Waals surface area (Å²) in [5.74, 6) is 0.699. The highest BCUT2D eigenvalue weighted by atomic mass is 32.2. The van der Waals surface area contributed by atoms with E-state index in [1.165, 1.54) is 4.31 Å². The summed E-state index contributed by atoms with van der Waals surface area (Å²) in [6, 6.07) is 17.0. The summed E-state index contributed by atoms with van der Waals surface area (Å²) in [5.41, 5.74) is 0.975. The molecule has 7 nitrogen and oxygen atoms in total. The first-order valence-electron chi connectivity index (χ1n) is 10.5. The Morgan fingerprint density at radius 1 is 1.13 bits per heavy atom. The number of carbonyl (C=O) groups excluding carboxylic acids is 1. The minimum atomic E-state index is -3.49. The molecule has 2 bridgehead atoms. The van der Waals surface area contributed by atoms with E-state index in [1.807, 2.05) is 54.6 Å². The van der Waals surface area contributed by atoms with Crippen LogP contribution >= 0.6 is 0 Å². The lowest BCUT2D eigenvalue weighted by molar-refractivity contribution is -0.150. The average Bonchev–Trinajstić information content (AvgIpc) is 3.13. The van der Waals surface area contributed by atoms with Crippen molar-refractivity contribution >= 4 is 15.9 Å².